The van der Waals surface area contributed by atoms with Crippen LogP contribution in [0.15, 0.2) is 0 Å². The Labute approximate surface area is 177 Å². The van der Waals surface area contributed by atoms with E-state index < -0.39 is 0 Å². The van der Waals surface area contributed by atoms with Gasteiger partial charge < -0.3 is 15.4 Å². The predicted octanol–water partition coefficient (Wildman–Crippen LogP) is 1.96. The lowest BCUT2D eigenvalue weighted by molar-refractivity contribution is -0.142. The molecule has 1 aromatic rings. The molecule has 0 spiro atoms. The summed E-state index contributed by atoms with van der Waals surface area (Å²) in [7, 11) is 1.42. The first-order valence-electron chi connectivity index (χ1n) is 9.82. The van der Waals surface area contributed by atoms with Crippen molar-refractivity contribution >= 4 is 35.6 Å². The second-order valence-corrected chi connectivity index (χ2v) is 8.53. The van der Waals surface area contributed by atoms with Crippen molar-refractivity contribution in [2.24, 2.45) is 5.92 Å². The molecule has 0 aromatic carbocycles. The van der Waals surface area contributed by atoms with Crippen LogP contribution in [0.2, 0.25) is 0 Å². The number of methoxy groups -OCH3 is 1. The molecule has 3 heterocycles. The fourth-order valence-electron chi connectivity index (χ4n) is 3.78. The molecule has 7 nitrogen and oxygen atoms in total. The number of thiazole rings is 1. The van der Waals surface area contributed by atoms with E-state index in [9.17, 15) is 9.59 Å². The number of rotatable bonds is 6. The second kappa shape index (κ2) is 11.1. The first-order chi connectivity index (χ1) is 13.1. The van der Waals surface area contributed by atoms with E-state index in [4.69, 9.17) is 4.74 Å². The Balaban J connectivity index is 0.00000280. The molecule has 158 valence electrons. The molecule has 2 N–H and O–H groups in total. The highest BCUT2D eigenvalue weighted by atomic mass is 35.5. The number of ether oxygens (including phenoxy) is 1. The SMILES string of the molecule is COC(=O)CN1CCC(CNC(=O)c2sc(C3CCNCC3)nc2C)CC1.Cl. The fraction of sp³-hybridized carbons (Fsp3) is 0.737. The van der Waals surface area contributed by atoms with Gasteiger partial charge in [-0.2, -0.15) is 0 Å². The van der Waals surface area contributed by atoms with Crippen LogP contribution in [0, 0.1) is 12.8 Å². The molecule has 2 aliphatic rings. The lowest BCUT2D eigenvalue weighted by Crippen LogP contribution is -2.41. The summed E-state index contributed by atoms with van der Waals surface area (Å²) in [6, 6.07) is 0. The number of nitrogens with one attached hydrogen (secondary N) is 2. The number of piperidine rings is 2. The Kier molecular flexibility index (Phi) is 9.14. The van der Waals surface area contributed by atoms with E-state index in [1.54, 1.807) is 11.3 Å². The first kappa shape index (κ1) is 23.1. The highest BCUT2D eigenvalue weighted by molar-refractivity contribution is 7.13. The lowest BCUT2D eigenvalue weighted by Gasteiger charge is -2.31. The molecule has 0 atom stereocenters. The number of aryl methyl sites for hydroxylation is 1. The van der Waals surface area contributed by atoms with Gasteiger partial charge in [-0.05, 0) is 64.7 Å². The highest BCUT2D eigenvalue weighted by Gasteiger charge is 2.24. The van der Waals surface area contributed by atoms with Gasteiger partial charge in [-0.15, -0.1) is 23.7 Å². The van der Waals surface area contributed by atoms with Crippen LogP contribution in [0.4, 0.5) is 0 Å². The second-order valence-electron chi connectivity index (χ2n) is 7.50. The van der Waals surface area contributed by atoms with Crippen molar-refractivity contribution in [3.8, 4) is 0 Å². The molecule has 2 fully saturated rings. The molecule has 0 bridgehead atoms. The predicted molar refractivity (Wildman–Crippen MR) is 112 cm³/mol. The van der Waals surface area contributed by atoms with Gasteiger partial charge in [-0.25, -0.2) is 4.98 Å². The Morgan fingerprint density at radius 1 is 1.25 bits per heavy atom. The molecule has 9 heteroatoms. The van der Waals surface area contributed by atoms with Gasteiger partial charge in [-0.3, -0.25) is 14.5 Å². The van der Waals surface area contributed by atoms with Gasteiger partial charge in [0.05, 0.1) is 24.4 Å². The van der Waals surface area contributed by atoms with Crippen LogP contribution < -0.4 is 10.6 Å². The minimum Gasteiger partial charge on any atom is -0.468 e. The third-order valence-electron chi connectivity index (χ3n) is 5.55. The third-order valence-corrected chi connectivity index (χ3v) is 6.87. The molecular weight excluding hydrogens is 400 g/mol. The molecule has 28 heavy (non-hydrogen) atoms. The van der Waals surface area contributed by atoms with E-state index in [0.29, 0.717) is 24.9 Å². The first-order valence-corrected chi connectivity index (χ1v) is 10.6. The number of likely N-dealkylation sites (tertiary alicyclic amines) is 1. The van der Waals surface area contributed by atoms with E-state index in [2.05, 4.69) is 20.5 Å². The number of hydrogen-bond acceptors (Lipinski definition) is 7. The summed E-state index contributed by atoms with van der Waals surface area (Å²) in [5.74, 6) is 0.754. The van der Waals surface area contributed by atoms with Crippen molar-refractivity contribution in [3.05, 3.63) is 15.6 Å². The summed E-state index contributed by atoms with van der Waals surface area (Å²) in [4.78, 5) is 31.5. The maximum Gasteiger partial charge on any atom is 0.319 e. The van der Waals surface area contributed by atoms with Crippen molar-refractivity contribution in [1.82, 2.24) is 20.5 Å². The topological polar surface area (TPSA) is 83.6 Å². The quantitative estimate of drug-likeness (QED) is 0.671. The van der Waals surface area contributed by atoms with Crippen molar-refractivity contribution in [2.45, 2.75) is 38.5 Å². The molecule has 0 radical (unpaired) electrons. The van der Waals surface area contributed by atoms with E-state index >= 15 is 0 Å². The summed E-state index contributed by atoms with van der Waals surface area (Å²) >= 11 is 1.56. The van der Waals surface area contributed by atoms with Gasteiger partial charge in [0.2, 0.25) is 0 Å². The van der Waals surface area contributed by atoms with Crippen LogP contribution in [-0.2, 0) is 9.53 Å². The highest BCUT2D eigenvalue weighted by Crippen LogP contribution is 2.30. The number of carbonyl (C=O) groups is 2. The Morgan fingerprint density at radius 2 is 1.93 bits per heavy atom. The molecule has 0 aliphatic carbocycles. The van der Waals surface area contributed by atoms with Crippen molar-refractivity contribution in [1.29, 1.82) is 0 Å². The maximum absolute atomic E-state index is 12.6. The Bertz CT molecular complexity index is 656. The molecule has 3 rings (SSSR count). The summed E-state index contributed by atoms with van der Waals surface area (Å²) in [5.41, 5.74) is 0.846. The monoisotopic (exact) mass is 430 g/mol. The zero-order valence-electron chi connectivity index (χ0n) is 16.7. The maximum atomic E-state index is 12.6. The minimum absolute atomic E-state index is 0. The van der Waals surface area contributed by atoms with E-state index in [0.717, 1.165) is 67.4 Å². The zero-order chi connectivity index (χ0) is 19.2. The van der Waals surface area contributed by atoms with Crippen molar-refractivity contribution in [2.75, 3.05) is 46.4 Å². The normalized spacial score (nSPS) is 19.1. The molecule has 2 aliphatic heterocycles. The molecule has 0 unspecified atom stereocenters. The van der Waals surface area contributed by atoms with Gasteiger partial charge in [0.25, 0.3) is 5.91 Å². The van der Waals surface area contributed by atoms with Gasteiger partial charge >= 0.3 is 5.97 Å². The number of halogens is 1. The summed E-state index contributed by atoms with van der Waals surface area (Å²) in [6.07, 6.45) is 4.16. The molecule has 0 saturated carbocycles. The average Bonchev–Trinajstić information content (AvgIpc) is 3.09. The zero-order valence-corrected chi connectivity index (χ0v) is 18.3. The molecular formula is C19H31ClN4O3S. The van der Waals surface area contributed by atoms with Crippen molar-refractivity contribution in [3.63, 3.8) is 0 Å². The van der Waals surface area contributed by atoms with Crippen LogP contribution in [0.3, 0.4) is 0 Å². The van der Waals surface area contributed by atoms with Crippen LogP contribution >= 0.6 is 23.7 Å². The lowest BCUT2D eigenvalue weighted by atomic mass is 9.97. The number of hydrogen-bond donors (Lipinski definition) is 2. The van der Waals surface area contributed by atoms with Gasteiger partial charge in [0.15, 0.2) is 0 Å². The van der Waals surface area contributed by atoms with E-state index in [1.165, 1.54) is 7.11 Å². The smallest absolute Gasteiger partial charge is 0.319 e. The van der Waals surface area contributed by atoms with Crippen LogP contribution in [0.25, 0.3) is 0 Å². The molecule has 1 amide bonds. The fourth-order valence-corrected chi connectivity index (χ4v) is 4.94. The number of esters is 1. The standard InChI is InChI=1S/C19H30N4O3S.ClH/c1-13-17(27-19(22-13)15-3-7-20-8-4-15)18(25)21-11-14-5-9-23(10-6-14)12-16(24)26-2;/h14-15,20H,3-12H2,1-2H3,(H,21,25);1H. The number of carbonyl (C=O) groups excluding carboxylic acids is 2. The molecule has 1 aromatic heterocycles. The Hall–Kier alpha value is -1.22. The van der Waals surface area contributed by atoms with Gasteiger partial charge in [0.1, 0.15) is 4.88 Å². The minimum atomic E-state index is -0.188. The van der Waals surface area contributed by atoms with Crippen LogP contribution in [0.1, 0.15) is 52.0 Å². The summed E-state index contributed by atoms with van der Waals surface area (Å²) in [5, 5.41) is 7.58. The Morgan fingerprint density at radius 3 is 2.57 bits per heavy atom. The number of aromatic nitrogens is 1. The number of amides is 1. The van der Waals surface area contributed by atoms with Crippen molar-refractivity contribution < 1.29 is 14.3 Å². The van der Waals surface area contributed by atoms with E-state index in [1.807, 2.05) is 6.92 Å². The van der Waals surface area contributed by atoms with Gasteiger partial charge in [-0.1, -0.05) is 0 Å². The summed E-state index contributed by atoms with van der Waals surface area (Å²) in [6.45, 7) is 6.77. The third kappa shape index (κ3) is 6.14. The average molecular weight is 431 g/mol. The van der Waals surface area contributed by atoms with Gasteiger partial charge in [0, 0.05) is 12.5 Å². The van der Waals surface area contributed by atoms with Crippen LogP contribution in [-0.4, -0.2) is 68.1 Å². The largest absolute Gasteiger partial charge is 0.468 e. The number of nitrogens with zero attached hydrogens (tertiary/aromatic N) is 2. The van der Waals surface area contributed by atoms with E-state index in [-0.39, 0.29) is 24.3 Å². The molecule has 2 saturated heterocycles. The summed E-state index contributed by atoms with van der Waals surface area (Å²) < 4.78 is 4.72. The van der Waals surface area contributed by atoms with Crippen LogP contribution in [0.5, 0.6) is 0 Å².